The predicted octanol–water partition coefficient (Wildman–Crippen LogP) is 1.86. The molecule has 0 radical (unpaired) electrons. The van der Waals surface area contributed by atoms with E-state index < -0.39 is 0 Å². The van der Waals surface area contributed by atoms with E-state index in [1.54, 1.807) is 0 Å². The highest BCUT2D eigenvalue weighted by molar-refractivity contribution is 5.25. The molecule has 1 rings (SSSR count). The van der Waals surface area contributed by atoms with Crippen molar-refractivity contribution in [3.8, 4) is 0 Å². The van der Waals surface area contributed by atoms with Gasteiger partial charge in [0.2, 0.25) is 0 Å². The van der Waals surface area contributed by atoms with Crippen LogP contribution >= 0.6 is 0 Å². The zero-order chi connectivity index (χ0) is 11.1. The highest BCUT2D eigenvalue weighted by Gasteiger charge is 1.99. The summed E-state index contributed by atoms with van der Waals surface area (Å²) in [7, 11) is 0. The Morgan fingerprint density at radius 1 is 1.40 bits per heavy atom. The van der Waals surface area contributed by atoms with Gasteiger partial charge in [-0.25, -0.2) is 4.98 Å². The van der Waals surface area contributed by atoms with Crippen molar-refractivity contribution in [1.29, 1.82) is 0 Å². The molecule has 1 heterocycles. The van der Waals surface area contributed by atoms with Crippen molar-refractivity contribution in [3.63, 3.8) is 0 Å². The molecule has 4 heteroatoms. The van der Waals surface area contributed by atoms with Gasteiger partial charge in [-0.2, -0.15) is 0 Å². The summed E-state index contributed by atoms with van der Waals surface area (Å²) in [5.74, 6) is 0.882. The quantitative estimate of drug-likeness (QED) is 0.675. The Kier molecular flexibility index (Phi) is 5.18. The minimum atomic E-state index is 0.882. The van der Waals surface area contributed by atoms with Crippen LogP contribution in [-0.4, -0.2) is 41.0 Å². The van der Waals surface area contributed by atoms with Gasteiger partial charge in [0.1, 0.15) is 0 Å². The van der Waals surface area contributed by atoms with Crippen LogP contribution in [0.15, 0.2) is 6.20 Å². The molecule has 0 atom stereocenters. The Labute approximate surface area is 92.1 Å². The molecule has 0 unspecified atom stereocenters. The molecule has 0 aliphatic rings. The number of nitrogens with zero attached hydrogens (tertiary/aromatic N) is 2. The van der Waals surface area contributed by atoms with Crippen molar-refractivity contribution in [1.82, 2.24) is 14.9 Å². The lowest BCUT2D eigenvalue weighted by atomic mass is 10.3. The average Bonchev–Trinajstić information content (AvgIpc) is 2.65. The van der Waals surface area contributed by atoms with E-state index in [4.69, 9.17) is 0 Å². The predicted molar refractivity (Wildman–Crippen MR) is 64.2 cm³/mol. The van der Waals surface area contributed by atoms with Crippen molar-refractivity contribution < 1.29 is 0 Å². The molecule has 1 aromatic rings. The number of anilines is 1. The molecule has 15 heavy (non-hydrogen) atoms. The number of hydrogen-bond donors (Lipinski definition) is 2. The Bertz CT molecular complexity index is 265. The summed E-state index contributed by atoms with van der Waals surface area (Å²) in [4.78, 5) is 9.77. The number of nitrogens with one attached hydrogen (secondary N) is 2. The van der Waals surface area contributed by atoms with Crippen molar-refractivity contribution in [2.24, 2.45) is 0 Å². The van der Waals surface area contributed by atoms with E-state index >= 15 is 0 Å². The van der Waals surface area contributed by atoms with Crippen molar-refractivity contribution in [3.05, 3.63) is 11.9 Å². The van der Waals surface area contributed by atoms with Crippen LogP contribution in [0.25, 0.3) is 0 Å². The molecule has 86 valence electrons. The second-order valence-electron chi connectivity index (χ2n) is 3.72. The van der Waals surface area contributed by atoms with Gasteiger partial charge >= 0.3 is 0 Å². The summed E-state index contributed by atoms with van der Waals surface area (Å²) in [6.45, 7) is 10.8. The number of aromatic amines is 1. The number of imidazole rings is 1. The van der Waals surface area contributed by atoms with Crippen LogP contribution in [0, 0.1) is 6.92 Å². The van der Waals surface area contributed by atoms with Crippen LogP contribution in [0.4, 0.5) is 5.95 Å². The molecule has 2 N–H and O–H groups in total. The fourth-order valence-corrected chi connectivity index (χ4v) is 1.55. The third kappa shape index (κ3) is 4.34. The van der Waals surface area contributed by atoms with Gasteiger partial charge in [0.15, 0.2) is 5.95 Å². The number of aromatic nitrogens is 2. The summed E-state index contributed by atoms with van der Waals surface area (Å²) in [6, 6.07) is 0. The Hall–Kier alpha value is -1.03. The molecule has 0 amide bonds. The Balaban J connectivity index is 2.11. The first kappa shape index (κ1) is 12.0. The van der Waals surface area contributed by atoms with E-state index in [-0.39, 0.29) is 0 Å². The molecule has 1 aromatic heterocycles. The van der Waals surface area contributed by atoms with Gasteiger partial charge < -0.3 is 15.2 Å². The normalized spacial score (nSPS) is 10.9. The first-order valence-corrected chi connectivity index (χ1v) is 5.74. The largest absolute Gasteiger partial charge is 0.356 e. The van der Waals surface area contributed by atoms with Crippen molar-refractivity contribution >= 4 is 5.95 Å². The maximum absolute atomic E-state index is 4.19. The van der Waals surface area contributed by atoms with Crippen LogP contribution in [-0.2, 0) is 0 Å². The Morgan fingerprint density at radius 3 is 2.67 bits per heavy atom. The van der Waals surface area contributed by atoms with E-state index in [9.17, 15) is 0 Å². The van der Waals surface area contributed by atoms with E-state index in [1.807, 2.05) is 13.1 Å². The zero-order valence-corrected chi connectivity index (χ0v) is 10.0. The van der Waals surface area contributed by atoms with E-state index in [1.165, 1.54) is 0 Å². The number of hydrogen-bond acceptors (Lipinski definition) is 3. The molecule has 0 fully saturated rings. The van der Waals surface area contributed by atoms with Gasteiger partial charge in [-0.3, -0.25) is 0 Å². The lowest BCUT2D eigenvalue weighted by molar-refractivity contribution is 0.303. The fourth-order valence-electron chi connectivity index (χ4n) is 1.55. The molecule has 0 aliphatic carbocycles. The van der Waals surface area contributed by atoms with Crippen LogP contribution in [0.1, 0.15) is 26.0 Å². The SMILES string of the molecule is CCN(CC)CCCNc1ncc(C)[nH]1. The lowest BCUT2D eigenvalue weighted by Gasteiger charge is -2.17. The van der Waals surface area contributed by atoms with Gasteiger partial charge in [0.25, 0.3) is 0 Å². The second kappa shape index (κ2) is 6.45. The minimum absolute atomic E-state index is 0.882. The monoisotopic (exact) mass is 210 g/mol. The number of rotatable bonds is 7. The average molecular weight is 210 g/mol. The van der Waals surface area contributed by atoms with E-state index in [2.05, 4.69) is 34.0 Å². The molecular weight excluding hydrogens is 188 g/mol. The molecular formula is C11H22N4. The molecule has 0 saturated carbocycles. The van der Waals surface area contributed by atoms with Crippen LogP contribution in [0.3, 0.4) is 0 Å². The van der Waals surface area contributed by atoms with E-state index in [0.717, 1.165) is 44.2 Å². The van der Waals surface area contributed by atoms with Gasteiger partial charge in [-0.05, 0) is 33.0 Å². The Morgan fingerprint density at radius 2 is 2.13 bits per heavy atom. The smallest absolute Gasteiger partial charge is 0.200 e. The van der Waals surface area contributed by atoms with Gasteiger partial charge in [-0.1, -0.05) is 13.8 Å². The lowest BCUT2D eigenvalue weighted by Crippen LogP contribution is -2.25. The van der Waals surface area contributed by atoms with Crippen LogP contribution < -0.4 is 5.32 Å². The highest BCUT2D eigenvalue weighted by atomic mass is 15.1. The van der Waals surface area contributed by atoms with Gasteiger partial charge in [-0.15, -0.1) is 0 Å². The standard InChI is InChI=1S/C11H22N4/c1-4-15(5-2)8-6-7-12-11-13-9-10(3)14-11/h9H,4-8H2,1-3H3,(H2,12,13,14). The molecule has 0 aromatic carbocycles. The fraction of sp³-hybridized carbons (Fsp3) is 0.727. The zero-order valence-electron chi connectivity index (χ0n) is 10.0. The molecule has 0 bridgehead atoms. The van der Waals surface area contributed by atoms with Crippen molar-refractivity contribution in [2.75, 3.05) is 31.5 Å². The third-order valence-corrected chi connectivity index (χ3v) is 2.54. The maximum atomic E-state index is 4.19. The van der Waals surface area contributed by atoms with Crippen molar-refractivity contribution in [2.45, 2.75) is 27.2 Å². The van der Waals surface area contributed by atoms with Gasteiger partial charge in [0.05, 0.1) is 0 Å². The third-order valence-electron chi connectivity index (χ3n) is 2.54. The number of H-pyrrole nitrogens is 1. The van der Waals surface area contributed by atoms with Crippen LogP contribution in [0.5, 0.6) is 0 Å². The molecule has 0 spiro atoms. The summed E-state index contributed by atoms with van der Waals surface area (Å²) in [6.07, 6.45) is 2.99. The topological polar surface area (TPSA) is 44.0 Å². The summed E-state index contributed by atoms with van der Waals surface area (Å²) >= 11 is 0. The van der Waals surface area contributed by atoms with Gasteiger partial charge in [0, 0.05) is 18.4 Å². The minimum Gasteiger partial charge on any atom is -0.356 e. The summed E-state index contributed by atoms with van der Waals surface area (Å²) in [5.41, 5.74) is 1.10. The number of aryl methyl sites for hydroxylation is 1. The summed E-state index contributed by atoms with van der Waals surface area (Å²) < 4.78 is 0. The van der Waals surface area contributed by atoms with E-state index in [0.29, 0.717) is 0 Å². The second-order valence-corrected chi connectivity index (χ2v) is 3.72. The molecule has 0 aliphatic heterocycles. The molecule has 0 saturated heterocycles. The van der Waals surface area contributed by atoms with Crippen LogP contribution in [0.2, 0.25) is 0 Å². The summed E-state index contributed by atoms with van der Waals surface area (Å²) in [5, 5.41) is 3.28. The first-order chi connectivity index (χ1) is 7.26. The molecule has 4 nitrogen and oxygen atoms in total. The maximum Gasteiger partial charge on any atom is 0.200 e. The highest BCUT2D eigenvalue weighted by Crippen LogP contribution is 2.00. The first-order valence-electron chi connectivity index (χ1n) is 5.74.